The van der Waals surface area contributed by atoms with Crippen LogP contribution in [0, 0.1) is 0 Å². The highest BCUT2D eigenvalue weighted by Gasteiger charge is 2.31. The lowest BCUT2D eigenvalue weighted by Crippen LogP contribution is -2.35. The van der Waals surface area contributed by atoms with Crippen LogP contribution < -0.4 is 4.74 Å². The van der Waals surface area contributed by atoms with E-state index in [0.29, 0.717) is 6.54 Å². The predicted molar refractivity (Wildman–Crippen MR) is 81.6 cm³/mol. The van der Waals surface area contributed by atoms with Crippen molar-refractivity contribution in [2.24, 2.45) is 0 Å². The Labute approximate surface area is 123 Å². The van der Waals surface area contributed by atoms with E-state index in [-0.39, 0.29) is 6.04 Å². The van der Waals surface area contributed by atoms with Crippen LogP contribution in [0.25, 0.3) is 10.8 Å². The third kappa shape index (κ3) is 2.59. The van der Waals surface area contributed by atoms with Crippen molar-refractivity contribution < 1.29 is 14.6 Å². The molecule has 2 aromatic rings. The lowest BCUT2D eigenvalue weighted by molar-refractivity contribution is -0.142. The molecule has 21 heavy (non-hydrogen) atoms. The Kier molecular flexibility index (Phi) is 3.80. The van der Waals surface area contributed by atoms with E-state index in [1.54, 1.807) is 7.11 Å². The van der Waals surface area contributed by atoms with Crippen LogP contribution in [0.3, 0.4) is 0 Å². The summed E-state index contributed by atoms with van der Waals surface area (Å²) >= 11 is 0. The number of carbonyl (C=O) groups is 1. The van der Waals surface area contributed by atoms with Crippen molar-refractivity contribution in [2.45, 2.75) is 25.4 Å². The van der Waals surface area contributed by atoms with Gasteiger partial charge in [0, 0.05) is 12.1 Å². The minimum Gasteiger partial charge on any atom is -0.496 e. The zero-order chi connectivity index (χ0) is 14.8. The lowest BCUT2D eigenvalue weighted by Gasteiger charge is -2.23. The zero-order valence-corrected chi connectivity index (χ0v) is 12.1. The van der Waals surface area contributed by atoms with Gasteiger partial charge in [-0.15, -0.1) is 0 Å². The molecule has 0 radical (unpaired) electrons. The summed E-state index contributed by atoms with van der Waals surface area (Å²) in [6, 6.07) is 11.8. The molecule has 1 unspecified atom stereocenters. The van der Waals surface area contributed by atoms with E-state index in [1.165, 1.54) is 0 Å². The van der Waals surface area contributed by atoms with E-state index >= 15 is 0 Å². The minimum atomic E-state index is -0.730. The first-order chi connectivity index (χ1) is 10.2. The number of benzene rings is 2. The van der Waals surface area contributed by atoms with Crippen LogP contribution in [0.5, 0.6) is 5.75 Å². The second-order valence-electron chi connectivity index (χ2n) is 5.43. The van der Waals surface area contributed by atoms with E-state index < -0.39 is 5.97 Å². The summed E-state index contributed by atoms with van der Waals surface area (Å²) in [5.41, 5.74) is 1.07. The highest BCUT2D eigenvalue weighted by atomic mass is 16.5. The van der Waals surface area contributed by atoms with Gasteiger partial charge in [-0.05, 0) is 36.2 Å². The highest BCUT2D eigenvalue weighted by Crippen LogP contribution is 2.31. The van der Waals surface area contributed by atoms with Crippen LogP contribution in [-0.2, 0) is 11.3 Å². The first kappa shape index (κ1) is 13.9. The number of fused-ring (bicyclic) bond motifs is 1. The average Bonchev–Trinajstić information content (AvgIpc) is 2.96. The molecule has 0 saturated carbocycles. The largest absolute Gasteiger partial charge is 0.496 e. The number of nitrogens with zero attached hydrogens (tertiary/aromatic N) is 1. The molecule has 1 saturated heterocycles. The van der Waals surface area contributed by atoms with Crippen LogP contribution in [0.1, 0.15) is 18.4 Å². The molecular weight excluding hydrogens is 266 g/mol. The molecule has 0 bridgehead atoms. The third-order valence-electron chi connectivity index (χ3n) is 4.23. The second-order valence-corrected chi connectivity index (χ2v) is 5.43. The molecule has 110 valence electrons. The Hall–Kier alpha value is -2.07. The van der Waals surface area contributed by atoms with Gasteiger partial charge >= 0.3 is 5.97 Å². The number of carboxylic acid groups (broad SMARTS) is 1. The summed E-state index contributed by atoms with van der Waals surface area (Å²) in [7, 11) is 1.66. The van der Waals surface area contributed by atoms with Gasteiger partial charge in [0.1, 0.15) is 11.8 Å². The topological polar surface area (TPSA) is 49.8 Å². The van der Waals surface area contributed by atoms with Gasteiger partial charge in [0.05, 0.1) is 7.11 Å². The first-order valence-corrected chi connectivity index (χ1v) is 7.22. The van der Waals surface area contributed by atoms with E-state index in [0.717, 1.165) is 41.5 Å². The molecule has 3 rings (SSSR count). The van der Waals surface area contributed by atoms with Crippen molar-refractivity contribution in [3.05, 3.63) is 42.0 Å². The van der Waals surface area contributed by atoms with Gasteiger partial charge in [-0.1, -0.05) is 30.3 Å². The fourth-order valence-electron chi connectivity index (χ4n) is 3.17. The van der Waals surface area contributed by atoms with Gasteiger partial charge < -0.3 is 9.84 Å². The molecule has 1 N–H and O–H groups in total. The Morgan fingerprint density at radius 2 is 2.14 bits per heavy atom. The van der Waals surface area contributed by atoms with E-state index in [1.807, 2.05) is 29.2 Å². The van der Waals surface area contributed by atoms with Gasteiger partial charge in [-0.25, -0.2) is 0 Å². The molecule has 0 aliphatic carbocycles. The van der Waals surface area contributed by atoms with Crippen molar-refractivity contribution >= 4 is 16.7 Å². The summed E-state index contributed by atoms with van der Waals surface area (Å²) in [6.07, 6.45) is 1.66. The lowest BCUT2D eigenvalue weighted by atomic mass is 10.0. The van der Waals surface area contributed by atoms with E-state index in [2.05, 4.69) is 12.1 Å². The van der Waals surface area contributed by atoms with E-state index in [9.17, 15) is 9.90 Å². The average molecular weight is 285 g/mol. The normalized spacial score (nSPS) is 19.0. The third-order valence-corrected chi connectivity index (χ3v) is 4.23. The smallest absolute Gasteiger partial charge is 0.320 e. The molecule has 0 amide bonds. The molecule has 2 aromatic carbocycles. The van der Waals surface area contributed by atoms with Gasteiger partial charge in [0.15, 0.2) is 0 Å². The molecule has 4 heteroatoms. The van der Waals surface area contributed by atoms with Crippen LogP contribution in [0.4, 0.5) is 0 Å². The fourth-order valence-corrected chi connectivity index (χ4v) is 3.17. The van der Waals surface area contributed by atoms with Crippen molar-refractivity contribution in [1.82, 2.24) is 4.90 Å². The number of carboxylic acids is 1. The number of hydrogen-bond donors (Lipinski definition) is 1. The van der Waals surface area contributed by atoms with Crippen LogP contribution in [-0.4, -0.2) is 35.7 Å². The van der Waals surface area contributed by atoms with Crippen molar-refractivity contribution in [3.8, 4) is 5.75 Å². The van der Waals surface area contributed by atoms with Gasteiger partial charge in [-0.3, -0.25) is 9.69 Å². The highest BCUT2D eigenvalue weighted by molar-refractivity contribution is 5.87. The molecular formula is C17H19NO3. The molecule has 0 aromatic heterocycles. The van der Waals surface area contributed by atoms with Crippen LogP contribution in [0.15, 0.2) is 36.4 Å². The zero-order valence-electron chi connectivity index (χ0n) is 12.1. The first-order valence-electron chi connectivity index (χ1n) is 7.22. The summed E-state index contributed by atoms with van der Waals surface area (Å²) in [5, 5.41) is 11.6. The monoisotopic (exact) mass is 285 g/mol. The molecule has 1 aliphatic heterocycles. The van der Waals surface area contributed by atoms with Gasteiger partial charge in [-0.2, -0.15) is 0 Å². The Morgan fingerprint density at radius 3 is 2.90 bits per heavy atom. The summed E-state index contributed by atoms with van der Waals surface area (Å²) in [6.45, 7) is 1.44. The van der Waals surface area contributed by atoms with Gasteiger partial charge in [0.25, 0.3) is 0 Å². The summed E-state index contributed by atoms with van der Waals surface area (Å²) < 4.78 is 5.49. The Morgan fingerprint density at radius 1 is 1.33 bits per heavy atom. The number of aliphatic carboxylic acids is 1. The number of methoxy groups -OCH3 is 1. The number of hydrogen-bond acceptors (Lipinski definition) is 3. The van der Waals surface area contributed by atoms with Crippen LogP contribution >= 0.6 is 0 Å². The van der Waals surface area contributed by atoms with Crippen molar-refractivity contribution in [2.75, 3.05) is 13.7 Å². The maximum Gasteiger partial charge on any atom is 0.320 e. The number of rotatable bonds is 4. The fraction of sp³-hybridized carbons (Fsp3) is 0.353. The van der Waals surface area contributed by atoms with E-state index in [4.69, 9.17) is 4.74 Å². The summed E-state index contributed by atoms with van der Waals surface area (Å²) in [5.74, 6) is 0.0939. The molecule has 1 heterocycles. The maximum atomic E-state index is 11.3. The van der Waals surface area contributed by atoms with Crippen molar-refractivity contribution in [3.63, 3.8) is 0 Å². The molecule has 1 atom stereocenters. The van der Waals surface area contributed by atoms with Crippen molar-refractivity contribution in [1.29, 1.82) is 0 Å². The Bertz CT molecular complexity index is 668. The number of ether oxygens (including phenoxy) is 1. The standard InChI is InChI=1S/C17H19NO3/c1-21-16-9-8-12-5-2-3-6-13(12)14(16)11-18-10-4-7-15(18)17(19)20/h2-3,5-6,8-9,15H,4,7,10-11H2,1H3,(H,19,20). The maximum absolute atomic E-state index is 11.3. The molecule has 1 fully saturated rings. The molecule has 0 spiro atoms. The predicted octanol–water partition coefficient (Wildman–Crippen LogP) is 2.90. The second kappa shape index (κ2) is 5.74. The van der Waals surface area contributed by atoms with Crippen LogP contribution in [0.2, 0.25) is 0 Å². The molecule has 1 aliphatic rings. The quantitative estimate of drug-likeness (QED) is 0.938. The SMILES string of the molecule is COc1ccc2ccccc2c1CN1CCCC1C(=O)O. The number of likely N-dealkylation sites (tertiary alicyclic amines) is 1. The summed E-state index contributed by atoms with van der Waals surface area (Å²) in [4.78, 5) is 13.4. The molecule has 4 nitrogen and oxygen atoms in total. The minimum absolute atomic E-state index is 0.381. The Balaban J connectivity index is 2.01. The van der Waals surface area contributed by atoms with Gasteiger partial charge in [0.2, 0.25) is 0 Å².